The van der Waals surface area contributed by atoms with Crippen LogP contribution in [0.15, 0.2) is 42.6 Å². The van der Waals surface area contributed by atoms with Crippen LogP contribution >= 0.6 is 11.6 Å². The Bertz CT molecular complexity index is 1100. The summed E-state index contributed by atoms with van der Waals surface area (Å²) in [5, 5.41) is 14.8. The summed E-state index contributed by atoms with van der Waals surface area (Å²) in [6.07, 6.45) is 2.19. The fraction of sp³-hybridized carbons (Fsp3) is 0.318. The Morgan fingerprint density at radius 3 is 2.52 bits per heavy atom. The molecule has 1 fully saturated rings. The third-order valence-electron chi connectivity index (χ3n) is 5.49. The van der Waals surface area contributed by atoms with Gasteiger partial charge in [0, 0.05) is 36.4 Å². The minimum absolute atomic E-state index is 0.0237. The van der Waals surface area contributed by atoms with Crippen molar-refractivity contribution >= 4 is 34.6 Å². The molecule has 9 heteroatoms. The molecule has 3 aromatic rings. The first kappa shape index (κ1) is 21.0. The molecule has 0 saturated carbocycles. The van der Waals surface area contributed by atoms with E-state index < -0.39 is 6.16 Å². The third kappa shape index (κ3) is 4.59. The van der Waals surface area contributed by atoms with Crippen molar-refractivity contribution in [3.05, 3.63) is 53.2 Å². The summed E-state index contributed by atoms with van der Waals surface area (Å²) in [5.41, 5.74) is 1.34. The van der Waals surface area contributed by atoms with Crippen molar-refractivity contribution in [2.75, 3.05) is 20.2 Å². The molecule has 1 saturated heterocycles. The molecule has 1 N–H and O–H groups in total. The van der Waals surface area contributed by atoms with E-state index in [4.69, 9.17) is 26.2 Å². The number of carbonyl (C=O) groups is 2. The smallest absolute Gasteiger partial charge is 0.492 e. The van der Waals surface area contributed by atoms with Crippen LogP contribution in [0.3, 0.4) is 0 Å². The van der Waals surface area contributed by atoms with Gasteiger partial charge in [0.05, 0.1) is 18.0 Å². The van der Waals surface area contributed by atoms with Crippen molar-refractivity contribution in [3.63, 3.8) is 0 Å². The van der Waals surface area contributed by atoms with E-state index in [0.29, 0.717) is 52.8 Å². The number of methoxy groups -OCH3 is 1. The molecule has 0 radical (unpaired) electrons. The van der Waals surface area contributed by atoms with Gasteiger partial charge in [-0.15, -0.1) is 0 Å². The van der Waals surface area contributed by atoms with Crippen LogP contribution in [0.25, 0.3) is 10.9 Å². The van der Waals surface area contributed by atoms with Gasteiger partial charge in [-0.3, -0.25) is 9.48 Å². The second-order valence-corrected chi connectivity index (χ2v) is 7.93. The lowest BCUT2D eigenvalue weighted by atomic mass is 9.96. The number of rotatable bonds is 5. The molecule has 1 amide bonds. The summed E-state index contributed by atoms with van der Waals surface area (Å²) in [4.78, 5) is 25.4. The summed E-state index contributed by atoms with van der Waals surface area (Å²) in [6, 6.07) is 10.2. The van der Waals surface area contributed by atoms with Crippen molar-refractivity contribution in [3.8, 4) is 11.5 Å². The molecule has 1 aromatic heterocycles. The number of carbonyl (C=O) groups excluding carboxylic acids is 1. The van der Waals surface area contributed by atoms with E-state index in [1.807, 2.05) is 15.8 Å². The van der Waals surface area contributed by atoms with E-state index in [1.165, 1.54) is 13.2 Å². The monoisotopic (exact) mass is 443 g/mol. The van der Waals surface area contributed by atoms with Gasteiger partial charge in [-0.1, -0.05) is 11.6 Å². The molecule has 0 spiro atoms. The van der Waals surface area contributed by atoms with Gasteiger partial charge >= 0.3 is 6.16 Å². The minimum Gasteiger partial charge on any atom is -0.492 e. The SMILES string of the molecule is COc1c(OC(=O)O)ccc2nn(CC3CCN(C(=O)c4ccc(Cl)cc4)CC3)cc12. The molecule has 31 heavy (non-hydrogen) atoms. The van der Waals surface area contributed by atoms with E-state index in [-0.39, 0.29) is 11.7 Å². The first-order valence-corrected chi connectivity index (χ1v) is 10.3. The van der Waals surface area contributed by atoms with Gasteiger partial charge < -0.3 is 19.5 Å². The molecule has 2 heterocycles. The van der Waals surface area contributed by atoms with E-state index in [9.17, 15) is 9.59 Å². The average Bonchev–Trinajstić information content (AvgIpc) is 3.16. The number of aromatic nitrogens is 2. The van der Waals surface area contributed by atoms with Crippen LogP contribution in [0.4, 0.5) is 4.79 Å². The summed E-state index contributed by atoms with van der Waals surface area (Å²) < 4.78 is 12.0. The van der Waals surface area contributed by atoms with Crippen LogP contribution in [-0.2, 0) is 6.54 Å². The fourth-order valence-corrected chi connectivity index (χ4v) is 4.06. The molecular weight excluding hydrogens is 422 g/mol. The number of nitrogens with zero attached hydrogens (tertiary/aromatic N) is 3. The van der Waals surface area contributed by atoms with Gasteiger partial charge in [-0.25, -0.2) is 4.79 Å². The summed E-state index contributed by atoms with van der Waals surface area (Å²) in [7, 11) is 1.47. The maximum Gasteiger partial charge on any atom is 0.511 e. The van der Waals surface area contributed by atoms with E-state index in [1.54, 1.807) is 30.3 Å². The van der Waals surface area contributed by atoms with Crippen LogP contribution < -0.4 is 9.47 Å². The normalized spacial score (nSPS) is 14.6. The Hall–Kier alpha value is -3.26. The lowest BCUT2D eigenvalue weighted by molar-refractivity contribution is 0.0681. The molecule has 4 rings (SSSR count). The Labute approximate surface area is 183 Å². The second kappa shape index (κ2) is 8.85. The summed E-state index contributed by atoms with van der Waals surface area (Å²) in [5.74, 6) is 0.880. The predicted octanol–water partition coefficient (Wildman–Crippen LogP) is 4.31. The Morgan fingerprint density at radius 2 is 1.87 bits per heavy atom. The molecule has 0 bridgehead atoms. The second-order valence-electron chi connectivity index (χ2n) is 7.49. The highest BCUT2D eigenvalue weighted by atomic mass is 35.5. The largest absolute Gasteiger partial charge is 0.511 e. The minimum atomic E-state index is -1.40. The molecule has 2 aromatic carbocycles. The lowest BCUT2D eigenvalue weighted by Gasteiger charge is -2.32. The maximum absolute atomic E-state index is 12.7. The number of piperidine rings is 1. The van der Waals surface area contributed by atoms with Crippen LogP contribution in [0, 0.1) is 5.92 Å². The van der Waals surface area contributed by atoms with E-state index >= 15 is 0 Å². The van der Waals surface area contributed by atoms with Crippen molar-refractivity contribution in [2.45, 2.75) is 19.4 Å². The number of likely N-dealkylation sites (tertiary alicyclic amines) is 1. The van der Waals surface area contributed by atoms with Gasteiger partial charge in [-0.2, -0.15) is 5.10 Å². The maximum atomic E-state index is 12.7. The highest BCUT2D eigenvalue weighted by molar-refractivity contribution is 6.30. The van der Waals surface area contributed by atoms with Crippen LogP contribution in [-0.4, -0.2) is 52.0 Å². The topological polar surface area (TPSA) is 93.9 Å². The first-order valence-electron chi connectivity index (χ1n) is 9.94. The number of halogens is 1. The number of ether oxygens (including phenoxy) is 2. The Morgan fingerprint density at radius 1 is 1.16 bits per heavy atom. The first-order chi connectivity index (χ1) is 14.9. The lowest BCUT2D eigenvalue weighted by Crippen LogP contribution is -2.39. The van der Waals surface area contributed by atoms with Crippen LogP contribution in [0.1, 0.15) is 23.2 Å². The molecule has 162 valence electrons. The number of benzene rings is 2. The molecule has 1 aliphatic rings. The zero-order valence-electron chi connectivity index (χ0n) is 17.0. The van der Waals surface area contributed by atoms with Gasteiger partial charge in [-0.05, 0) is 55.2 Å². The highest BCUT2D eigenvalue weighted by Gasteiger charge is 2.24. The zero-order chi connectivity index (χ0) is 22.0. The molecule has 0 aliphatic carbocycles. The average molecular weight is 444 g/mol. The number of carboxylic acid groups (broad SMARTS) is 1. The van der Waals surface area contributed by atoms with Gasteiger partial charge in [0.15, 0.2) is 11.5 Å². The molecule has 1 aliphatic heterocycles. The van der Waals surface area contributed by atoms with Crippen molar-refractivity contribution < 1.29 is 24.2 Å². The van der Waals surface area contributed by atoms with Crippen molar-refractivity contribution in [1.82, 2.24) is 14.7 Å². The molecule has 0 atom stereocenters. The van der Waals surface area contributed by atoms with Gasteiger partial charge in [0.2, 0.25) is 0 Å². The standard InChI is InChI=1S/C22H22ClN3O5/c1-30-20-17-13-26(24-18(17)6-7-19(20)31-22(28)29)12-14-8-10-25(11-9-14)21(27)15-2-4-16(23)5-3-15/h2-7,13-14H,8-12H2,1H3,(H,28,29). The van der Waals surface area contributed by atoms with Gasteiger partial charge in [0.25, 0.3) is 5.91 Å². The Kier molecular flexibility index (Phi) is 5.99. The van der Waals surface area contributed by atoms with Crippen molar-refractivity contribution in [2.24, 2.45) is 5.92 Å². The number of amides is 1. The van der Waals surface area contributed by atoms with Crippen molar-refractivity contribution in [1.29, 1.82) is 0 Å². The quantitative estimate of drug-likeness (QED) is 0.466. The molecule has 0 unspecified atom stereocenters. The van der Waals surface area contributed by atoms with Gasteiger partial charge in [0.1, 0.15) is 0 Å². The molecular formula is C22H22ClN3O5. The predicted molar refractivity (Wildman–Crippen MR) is 115 cm³/mol. The fourth-order valence-electron chi connectivity index (χ4n) is 3.93. The summed E-state index contributed by atoms with van der Waals surface area (Å²) >= 11 is 5.90. The van der Waals surface area contributed by atoms with Crippen LogP contribution in [0.2, 0.25) is 5.02 Å². The highest BCUT2D eigenvalue weighted by Crippen LogP contribution is 2.35. The van der Waals surface area contributed by atoms with Crippen LogP contribution in [0.5, 0.6) is 11.5 Å². The molecule has 8 nitrogen and oxygen atoms in total. The number of fused-ring (bicyclic) bond motifs is 1. The number of hydrogen-bond acceptors (Lipinski definition) is 5. The van der Waals surface area contributed by atoms with E-state index in [0.717, 1.165) is 12.8 Å². The van der Waals surface area contributed by atoms with E-state index in [2.05, 4.69) is 5.10 Å². The Balaban J connectivity index is 1.41. The zero-order valence-corrected chi connectivity index (χ0v) is 17.7. The summed E-state index contributed by atoms with van der Waals surface area (Å²) in [6.45, 7) is 2.08. The third-order valence-corrected chi connectivity index (χ3v) is 5.74. The number of hydrogen-bond donors (Lipinski definition) is 1.